The minimum atomic E-state index is -0.257. The van der Waals surface area contributed by atoms with E-state index in [0.717, 1.165) is 12.8 Å². The Kier molecular flexibility index (Phi) is 2.67. The predicted octanol–water partition coefficient (Wildman–Crippen LogP) is 0.823. The number of hydrogen-bond donors (Lipinski definition) is 2. The first-order valence-electron chi connectivity index (χ1n) is 4.90. The molecule has 1 heterocycles. The standard InChI is InChI=1S/C11H12N2O2/c14-10-7-8(5-6-12-10)11(15)13-9-3-1-2-4-9/h1-2,5-7,9H,3-4H2,(H,12,14)(H,13,15). The molecule has 1 aliphatic carbocycles. The van der Waals surface area contributed by atoms with Gasteiger partial charge < -0.3 is 10.3 Å². The van der Waals surface area contributed by atoms with Crippen LogP contribution in [0.15, 0.2) is 35.3 Å². The van der Waals surface area contributed by atoms with E-state index in [9.17, 15) is 9.59 Å². The van der Waals surface area contributed by atoms with Crippen LogP contribution in [0.5, 0.6) is 0 Å². The molecule has 0 fully saturated rings. The van der Waals surface area contributed by atoms with E-state index in [4.69, 9.17) is 0 Å². The molecule has 4 nitrogen and oxygen atoms in total. The highest BCUT2D eigenvalue weighted by molar-refractivity contribution is 5.94. The second-order valence-corrected chi connectivity index (χ2v) is 3.55. The van der Waals surface area contributed by atoms with Crippen LogP contribution in [-0.2, 0) is 0 Å². The highest BCUT2D eigenvalue weighted by atomic mass is 16.2. The number of amides is 1. The van der Waals surface area contributed by atoms with E-state index in [1.54, 1.807) is 6.07 Å². The van der Waals surface area contributed by atoms with Gasteiger partial charge in [-0.05, 0) is 18.9 Å². The Bertz CT molecular complexity index is 440. The first-order valence-corrected chi connectivity index (χ1v) is 4.90. The Hall–Kier alpha value is -1.84. The number of carbonyl (C=O) groups excluding carboxylic acids is 1. The Balaban J connectivity index is 2.04. The number of H-pyrrole nitrogens is 1. The van der Waals surface area contributed by atoms with Crippen molar-refractivity contribution in [1.29, 1.82) is 0 Å². The molecule has 0 unspecified atom stereocenters. The fraction of sp³-hybridized carbons (Fsp3) is 0.273. The van der Waals surface area contributed by atoms with Gasteiger partial charge in [-0.1, -0.05) is 12.2 Å². The van der Waals surface area contributed by atoms with E-state index in [1.165, 1.54) is 12.3 Å². The quantitative estimate of drug-likeness (QED) is 0.701. The van der Waals surface area contributed by atoms with Gasteiger partial charge >= 0.3 is 0 Å². The first kappa shape index (κ1) is 9.71. The zero-order chi connectivity index (χ0) is 10.7. The molecule has 0 saturated carbocycles. The van der Waals surface area contributed by atoms with Gasteiger partial charge in [-0.3, -0.25) is 9.59 Å². The third-order valence-electron chi connectivity index (χ3n) is 2.38. The summed E-state index contributed by atoms with van der Waals surface area (Å²) in [6, 6.07) is 3.08. The Labute approximate surface area is 87.0 Å². The Morgan fingerprint density at radius 2 is 2.13 bits per heavy atom. The third kappa shape index (κ3) is 2.34. The Morgan fingerprint density at radius 3 is 2.80 bits per heavy atom. The van der Waals surface area contributed by atoms with Gasteiger partial charge in [0.05, 0.1) is 0 Å². The summed E-state index contributed by atoms with van der Waals surface area (Å²) in [5.74, 6) is -0.185. The average molecular weight is 204 g/mol. The normalized spacial score (nSPS) is 15.5. The zero-order valence-corrected chi connectivity index (χ0v) is 8.19. The minimum Gasteiger partial charge on any atom is -0.349 e. The molecule has 0 aliphatic heterocycles. The van der Waals surface area contributed by atoms with Crippen LogP contribution in [0.3, 0.4) is 0 Å². The molecule has 0 aromatic carbocycles. The lowest BCUT2D eigenvalue weighted by atomic mass is 10.2. The highest BCUT2D eigenvalue weighted by Crippen LogP contribution is 2.09. The number of aromatic nitrogens is 1. The van der Waals surface area contributed by atoms with Crippen LogP contribution in [-0.4, -0.2) is 16.9 Å². The van der Waals surface area contributed by atoms with Crippen molar-refractivity contribution < 1.29 is 4.79 Å². The van der Waals surface area contributed by atoms with Gasteiger partial charge in [-0.15, -0.1) is 0 Å². The molecule has 1 amide bonds. The SMILES string of the molecule is O=C(NC1CC=CC1)c1cc[nH]c(=O)c1. The molecule has 1 aromatic heterocycles. The van der Waals surface area contributed by atoms with E-state index in [-0.39, 0.29) is 17.5 Å². The zero-order valence-electron chi connectivity index (χ0n) is 8.19. The Morgan fingerprint density at radius 1 is 1.40 bits per heavy atom. The molecule has 1 aromatic rings. The van der Waals surface area contributed by atoms with Crippen molar-refractivity contribution >= 4 is 5.91 Å². The molecule has 0 bridgehead atoms. The second-order valence-electron chi connectivity index (χ2n) is 3.55. The monoisotopic (exact) mass is 204 g/mol. The van der Waals surface area contributed by atoms with Crippen molar-refractivity contribution in [2.45, 2.75) is 18.9 Å². The maximum atomic E-state index is 11.7. The van der Waals surface area contributed by atoms with Crippen molar-refractivity contribution in [1.82, 2.24) is 10.3 Å². The van der Waals surface area contributed by atoms with Crippen LogP contribution in [0, 0.1) is 0 Å². The van der Waals surface area contributed by atoms with Gasteiger partial charge in [0, 0.05) is 23.9 Å². The van der Waals surface area contributed by atoms with E-state index in [2.05, 4.69) is 10.3 Å². The molecule has 0 saturated heterocycles. The van der Waals surface area contributed by atoms with E-state index < -0.39 is 0 Å². The summed E-state index contributed by atoms with van der Waals surface area (Å²) < 4.78 is 0. The summed E-state index contributed by atoms with van der Waals surface area (Å²) in [4.78, 5) is 25.1. The summed E-state index contributed by atoms with van der Waals surface area (Å²) in [6.45, 7) is 0. The molecular weight excluding hydrogens is 192 g/mol. The fourth-order valence-electron chi connectivity index (χ4n) is 1.59. The molecule has 0 atom stereocenters. The van der Waals surface area contributed by atoms with Crippen molar-refractivity contribution in [2.75, 3.05) is 0 Å². The lowest BCUT2D eigenvalue weighted by Crippen LogP contribution is -2.33. The van der Waals surface area contributed by atoms with E-state index in [1.807, 2.05) is 12.2 Å². The lowest BCUT2D eigenvalue weighted by Gasteiger charge is -2.11. The summed E-state index contributed by atoms with van der Waals surface area (Å²) >= 11 is 0. The minimum absolute atomic E-state index is 0.178. The third-order valence-corrected chi connectivity index (χ3v) is 2.38. The van der Waals surface area contributed by atoms with Gasteiger partial charge in [0.2, 0.25) is 5.56 Å². The second kappa shape index (κ2) is 4.13. The molecule has 78 valence electrons. The number of carbonyl (C=O) groups is 1. The van der Waals surface area contributed by atoms with E-state index in [0.29, 0.717) is 5.56 Å². The molecule has 2 rings (SSSR count). The highest BCUT2D eigenvalue weighted by Gasteiger charge is 2.14. The van der Waals surface area contributed by atoms with Crippen LogP contribution in [0.25, 0.3) is 0 Å². The van der Waals surface area contributed by atoms with Crippen LogP contribution in [0.1, 0.15) is 23.2 Å². The lowest BCUT2D eigenvalue weighted by molar-refractivity contribution is 0.0938. The van der Waals surface area contributed by atoms with Crippen molar-refractivity contribution in [3.8, 4) is 0 Å². The van der Waals surface area contributed by atoms with Crippen LogP contribution in [0.4, 0.5) is 0 Å². The summed E-state index contributed by atoms with van der Waals surface area (Å²) in [7, 11) is 0. The largest absolute Gasteiger partial charge is 0.349 e. The first-order chi connectivity index (χ1) is 7.25. The molecule has 0 radical (unpaired) electrons. The van der Waals surface area contributed by atoms with Crippen molar-refractivity contribution in [2.24, 2.45) is 0 Å². The van der Waals surface area contributed by atoms with Gasteiger partial charge in [-0.25, -0.2) is 0 Å². The number of nitrogens with one attached hydrogen (secondary N) is 2. The summed E-state index contributed by atoms with van der Waals surface area (Å²) in [5.41, 5.74) is 0.151. The predicted molar refractivity (Wildman–Crippen MR) is 56.7 cm³/mol. The molecular formula is C11H12N2O2. The fourth-order valence-corrected chi connectivity index (χ4v) is 1.59. The van der Waals surface area contributed by atoms with Crippen molar-refractivity contribution in [3.63, 3.8) is 0 Å². The number of hydrogen-bond acceptors (Lipinski definition) is 2. The van der Waals surface area contributed by atoms with Gasteiger partial charge in [-0.2, -0.15) is 0 Å². The topological polar surface area (TPSA) is 62.0 Å². The van der Waals surface area contributed by atoms with Gasteiger partial charge in [0.1, 0.15) is 0 Å². The smallest absolute Gasteiger partial charge is 0.251 e. The van der Waals surface area contributed by atoms with Crippen molar-refractivity contribution in [3.05, 3.63) is 46.4 Å². The molecule has 15 heavy (non-hydrogen) atoms. The summed E-state index contributed by atoms with van der Waals surface area (Å²) in [6.07, 6.45) is 7.31. The maximum absolute atomic E-state index is 11.7. The molecule has 2 N–H and O–H groups in total. The summed E-state index contributed by atoms with van der Waals surface area (Å²) in [5, 5.41) is 2.87. The molecule has 0 spiro atoms. The van der Waals surface area contributed by atoms with Gasteiger partial charge in [0.15, 0.2) is 0 Å². The van der Waals surface area contributed by atoms with Crippen LogP contribution in [0.2, 0.25) is 0 Å². The molecule has 1 aliphatic rings. The maximum Gasteiger partial charge on any atom is 0.251 e. The average Bonchev–Trinajstić information content (AvgIpc) is 2.70. The number of rotatable bonds is 2. The number of pyridine rings is 1. The molecule has 4 heteroatoms. The van der Waals surface area contributed by atoms with Gasteiger partial charge in [0.25, 0.3) is 5.91 Å². The van der Waals surface area contributed by atoms with Crippen LogP contribution >= 0.6 is 0 Å². The van der Waals surface area contributed by atoms with E-state index >= 15 is 0 Å². The number of aromatic amines is 1. The van der Waals surface area contributed by atoms with Crippen LogP contribution < -0.4 is 10.9 Å².